The molecule has 0 spiro atoms. The van der Waals surface area contributed by atoms with Gasteiger partial charge in [-0.25, -0.2) is 4.79 Å². The maximum atomic E-state index is 10.3. The van der Waals surface area contributed by atoms with Crippen LogP contribution in [0.1, 0.15) is 11.1 Å². The summed E-state index contributed by atoms with van der Waals surface area (Å²) >= 11 is 0. The second kappa shape index (κ2) is 5.68. The van der Waals surface area contributed by atoms with Crippen molar-refractivity contribution in [1.29, 1.82) is 0 Å². The van der Waals surface area contributed by atoms with E-state index in [1.807, 2.05) is 24.3 Å². The summed E-state index contributed by atoms with van der Waals surface area (Å²) in [6, 6.07) is 7.06. The molecular formula is C11H13N3O. The summed E-state index contributed by atoms with van der Waals surface area (Å²) in [5.74, 6) is 5.68. The van der Waals surface area contributed by atoms with Crippen LogP contribution in [0.3, 0.4) is 0 Å². The van der Waals surface area contributed by atoms with Gasteiger partial charge in [0.25, 0.3) is 0 Å². The third kappa shape index (κ3) is 4.16. The number of amides is 2. The minimum absolute atomic E-state index is 0.252. The minimum Gasteiger partial charge on any atom is -0.352 e. The predicted molar refractivity (Wildman–Crippen MR) is 58.8 cm³/mol. The van der Waals surface area contributed by atoms with E-state index >= 15 is 0 Å². The van der Waals surface area contributed by atoms with Crippen LogP contribution in [0.4, 0.5) is 4.79 Å². The van der Waals surface area contributed by atoms with Crippen LogP contribution in [-0.2, 0) is 6.54 Å². The van der Waals surface area contributed by atoms with Crippen LogP contribution in [-0.4, -0.2) is 12.6 Å². The molecule has 1 rings (SSSR count). The number of rotatable bonds is 2. The van der Waals surface area contributed by atoms with Crippen molar-refractivity contribution in [3.05, 3.63) is 35.4 Å². The second-order valence-corrected chi connectivity index (χ2v) is 2.92. The average molecular weight is 203 g/mol. The number of primary amides is 1. The lowest BCUT2D eigenvalue weighted by atomic mass is 10.1. The van der Waals surface area contributed by atoms with Gasteiger partial charge in [-0.3, -0.25) is 0 Å². The fourth-order valence-corrected chi connectivity index (χ4v) is 1.05. The smallest absolute Gasteiger partial charge is 0.312 e. The molecule has 0 atom stereocenters. The Balaban J connectivity index is 2.59. The molecular weight excluding hydrogens is 190 g/mol. The van der Waals surface area contributed by atoms with E-state index in [1.165, 1.54) is 0 Å². The Morgan fingerprint density at radius 2 is 2.27 bits per heavy atom. The zero-order valence-corrected chi connectivity index (χ0v) is 8.29. The van der Waals surface area contributed by atoms with Crippen LogP contribution in [0.2, 0.25) is 0 Å². The molecule has 5 N–H and O–H groups in total. The second-order valence-electron chi connectivity index (χ2n) is 2.92. The number of carbonyl (C=O) groups is 1. The van der Waals surface area contributed by atoms with E-state index in [0.717, 1.165) is 11.1 Å². The zero-order chi connectivity index (χ0) is 11.1. The third-order valence-corrected chi connectivity index (χ3v) is 1.75. The van der Waals surface area contributed by atoms with Gasteiger partial charge in [0.15, 0.2) is 0 Å². The SMILES string of the molecule is NCc1cccc(C#CCNC(N)=O)c1. The summed E-state index contributed by atoms with van der Waals surface area (Å²) in [5.41, 5.74) is 12.3. The maximum Gasteiger partial charge on any atom is 0.312 e. The Morgan fingerprint density at radius 3 is 2.93 bits per heavy atom. The van der Waals surface area contributed by atoms with Gasteiger partial charge in [0, 0.05) is 12.1 Å². The molecule has 0 fully saturated rings. The number of nitrogens with two attached hydrogens (primary N) is 2. The normalized spacial score (nSPS) is 8.87. The Labute approximate surface area is 88.6 Å². The molecule has 1 aromatic carbocycles. The van der Waals surface area contributed by atoms with Gasteiger partial charge in [-0.2, -0.15) is 0 Å². The largest absolute Gasteiger partial charge is 0.352 e. The zero-order valence-electron chi connectivity index (χ0n) is 8.29. The highest BCUT2D eigenvalue weighted by Gasteiger charge is 1.90. The summed E-state index contributed by atoms with van der Waals surface area (Å²) in [4.78, 5) is 10.3. The van der Waals surface area contributed by atoms with Gasteiger partial charge in [-0.15, -0.1) is 0 Å². The lowest BCUT2D eigenvalue weighted by Gasteiger charge is -1.96. The molecule has 4 nitrogen and oxygen atoms in total. The maximum absolute atomic E-state index is 10.3. The first-order chi connectivity index (χ1) is 7.22. The molecule has 0 heterocycles. The molecule has 0 saturated heterocycles. The first-order valence-electron chi connectivity index (χ1n) is 4.53. The number of carbonyl (C=O) groups excluding carboxylic acids is 1. The summed E-state index contributed by atoms with van der Waals surface area (Å²) < 4.78 is 0. The van der Waals surface area contributed by atoms with Crippen molar-refractivity contribution < 1.29 is 4.79 Å². The molecule has 0 aliphatic rings. The minimum atomic E-state index is -0.569. The molecule has 4 heteroatoms. The Hall–Kier alpha value is -1.99. The Kier molecular flexibility index (Phi) is 4.20. The van der Waals surface area contributed by atoms with E-state index < -0.39 is 6.03 Å². The lowest BCUT2D eigenvalue weighted by Crippen LogP contribution is -2.29. The van der Waals surface area contributed by atoms with E-state index in [-0.39, 0.29) is 6.54 Å². The van der Waals surface area contributed by atoms with Gasteiger partial charge in [-0.1, -0.05) is 24.0 Å². The number of hydrogen-bond donors (Lipinski definition) is 3. The first-order valence-corrected chi connectivity index (χ1v) is 4.53. The third-order valence-electron chi connectivity index (χ3n) is 1.75. The van der Waals surface area contributed by atoms with Gasteiger partial charge in [0.2, 0.25) is 0 Å². The number of benzene rings is 1. The molecule has 15 heavy (non-hydrogen) atoms. The predicted octanol–water partition coefficient (Wildman–Crippen LogP) is 0.165. The molecule has 0 aliphatic carbocycles. The van der Waals surface area contributed by atoms with Gasteiger partial charge in [0.05, 0.1) is 6.54 Å². The standard InChI is InChI=1S/C11H13N3O/c12-8-10-4-1-3-9(7-10)5-2-6-14-11(13)15/h1,3-4,7H,6,8,12H2,(H3,13,14,15). The van der Waals surface area contributed by atoms with Crippen LogP contribution in [0.25, 0.3) is 0 Å². The topological polar surface area (TPSA) is 81.1 Å². The molecule has 0 aromatic heterocycles. The lowest BCUT2D eigenvalue weighted by molar-refractivity contribution is 0.250. The molecule has 2 amide bonds. The quantitative estimate of drug-likeness (QED) is 0.599. The van der Waals surface area contributed by atoms with Gasteiger partial charge in [-0.05, 0) is 17.7 Å². The van der Waals surface area contributed by atoms with Crippen molar-refractivity contribution in [3.63, 3.8) is 0 Å². The van der Waals surface area contributed by atoms with E-state index in [9.17, 15) is 4.79 Å². The monoisotopic (exact) mass is 203 g/mol. The molecule has 0 radical (unpaired) electrons. The molecule has 78 valence electrons. The number of hydrogen-bond acceptors (Lipinski definition) is 2. The Morgan fingerprint density at radius 1 is 1.47 bits per heavy atom. The molecule has 1 aromatic rings. The van der Waals surface area contributed by atoms with Crippen molar-refractivity contribution in [3.8, 4) is 11.8 Å². The fourth-order valence-electron chi connectivity index (χ4n) is 1.05. The molecule has 0 aliphatic heterocycles. The van der Waals surface area contributed by atoms with Crippen molar-refractivity contribution in [1.82, 2.24) is 5.32 Å². The molecule has 0 bridgehead atoms. The molecule has 0 unspecified atom stereocenters. The van der Waals surface area contributed by atoms with Gasteiger partial charge in [0.1, 0.15) is 0 Å². The number of urea groups is 1. The summed E-state index contributed by atoms with van der Waals surface area (Å²) in [6.07, 6.45) is 0. The van der Waals surface area contributed by atoms with Crippen LogP contribution >= 0.6 is 0 Å². The summed E-state index contributed by atoms with van der Waals surface area (Å²) in [5, 5.41) is 2.38. The summed E-state index contributed by atoms with van der Waals surface area (Å²) in [7, 11) is 0. The van der Waals surface area contributed by atoms with Crippen LogP contribution in [0.15, 0.2) is 24.3 Å². The van der Waals surface area contributed by atoms with E-state index in [2.05, 4.69) is 17.2 Å². The first kappa shape index (κ1) is 11.1. The van der Waals surface area contributed by atoms with E-state index in [4.69, 9.17) is 11.5 Å². The van der Waals surface area contributed by atoms with Crippen molar-refractivity contribution >= 4 is 6.03 Å². The van der Waals surface area contributed by atoms with Gasteiger partial charge < -0.3 is 16.8 Å². The Bertz CT molecular complexity index is 404. The average Bonchev–Trinajstić information content (AvgIpc) is 2.24. The van der Waals surface area contributed by atoms with E-state index in [0.29, 0.717) is 6.54 Å². The summed E-state index contributed by atoms with van der Waals surface area (Å²) in [6.45, 7) is 0.747. The van der Waals surface area contributed by atoms with Crippen molar-refractivity contribution in [2.75, 3.05) is 6.54 Å². The highest BCUT2D eigenvalue weighted by molar-refractivity contribution is 5.71. The highest BCUT2D eigenvalue weighted by atomic mass is 16.2. The highest BCUT2D eigenvalue weighted by Crippen LogP contribution is 2.02. The van der Waals surface area contributed by atoms with Crippen molar-refractivity contribution in [2.45, 2.75) is 6.54 Å². The van der Waals surface area contributed by atoms with Crippen LogP contribution in [0.5, 0.6) is 0 Å². The molecule has 0 saturated carbocycles. The van der Waals surface area contributed by atoms with Crippen molar-refractivity contribution in [2.24, 2.45) is 11.5 Å². The van der Waals surface area contributed by atoms with Crippen LogP contribution in [0, 0.1) is 11.8 Å². The van der Waals surface area contributed by atoms with E-state index in [1.54, 1.807) is 0 Å². The van der Waals surface area contributed by atoms with Gasteiger partial charge >= 0.3 is 6.03 Å². The number of nitrogens with one attached hydrogen (secondary N) is 1. The van der Waals surface area contributed by atoms with Crippen LogP contribution < -0.4 is 16.8 Å². The fraction of sp³-hybridized carbons (Fsp3) is 0.182.